The predicted octanol–water partition coefficient (Wildman–Crippen LogP) is 2.39. The molecule has 2 aliphatic rings. The first kappa shape index (κ1) is 20.0. The standard InChI is InChI=1S/C24H30N6O/c1-28-10-8-18(9-11-28)29-12-14-30(15-13-29)22-7-6-17(16-21(22)25)23-19-4-2-3-5-20(19)24(31)27-26-23/h2-7,16,18H,8-15,25H2,1H3,(H,27,31). The summed E-state index contributed by atoms with van der Waals surface area (Å²) in [4.78, 5) is 19.6. The number of nitrogens with zero attached hydrogens (tertiary/aromatic N) is 4. The minimum Gasteiger partial charge on any atom is -0.397 e. The number of aromatic nitrogens is 2. The maximum Gasteiger partial charge on any atom is 0.272 e. The number of hydrogen-bond donors (Lipinski definition) is 2. The van der Waals surface area contributed by atoms with Crippen LogP contribution in [0.4, 0.5) is 11.4 Å². The van der Waals surface area contributed by atoms with E-state index in [4.69, 9.17) is 5.73 Å². The number of benzene rings is 2. The Hall–Kier alpha value is -2.90. The molecule has 2 saturated heterocycles. The lowest BCUT2D eigenvalue weighted by molar-refractivity contribution is 0.115. The maximum atomic E-state index is 12.1. The van der Waals surface area contributed by atoms with Gasteiger partial charge in [-0.05, 0) is 51.2 Å². The first-order chi connectivity index (χ1) is 15.1. The Morgan fingerprint density at radius 3 is 2.39 bits per heavy atom. The van der Waals surface area contributed by atoms with E-state index in [1.165, 1.54) is 25.9 Å². The molecule has 5 rings (SSSR count). The molecule has 162 valence electrons. The van der Waals surface area contributed by atoms with Crippen molar-refractivity contribution < 1.29 is 0 Å². The molecule has 0 bridgehead atoms. The average molecular weight is 419 g/mol. The van der Waals surface area contributed by atoms with Gasteiger partial charge in [-0.3, -0.25) is 9.69 Å². The van der Waals surface area contributed by atoms with Crippen LogP contribution in [0.3, 0.4) is 0 Å². The number of rotatable bonds is 3. The number of nitrogens with two attached hydrogens (primary N) is 1. The van der Waals surface area contributed by atoms with Gasteiger partial charge in [0.15, 0.2) is 0 Å². The molecule has 31 heavy (non-hydrogen) atoms. The van der Waals surface area contributed by atoms with Crippen LogP contribution in [0.15, 0.2) is 47.3 Å². The molecule has 2 fully saturated rings. The second-order valence-corrected chi connectivity index (χ2v) is 8.78. The fourth-order valence-electron chi connectivity index (χ4n) is 5.01. The van der Waals surface area contributed by atoms with Crippen LogP contribution >= 0.6 is 0 Å². The van der Waals surface area contributed by atoms with Gasteiger partial charge in [0.1, 0.15) is 0 Å². The fourth-order valence-corrected chi connectivity index (χ4v) is 5.01. The van der Waals surface area contributed by atoms with Crippen molar-refractivity contribution in [2.24, 2.45) is 0 Å². The van der Waals surface area contributed by atoms with Crippen molar-refractivity contribution >= 4 is 22.1 Å². The molecule has 0 saturated carbocycles. The molecular weight excluding hydrogens is 388 g/mol. The van der Waals surface area contributed by atoms with Gasteiger partial charge in [-0.2, -0.15) is 5.10 Å². The summed E-state index contributed by atoms with van der Waals surface area (Å²) in [7, 11) is 2.21. The van der Waals surface area contributed by atoms with Crippen molar-refractivity contribution in [2.75, 3.05) is 56.9 Å². The molecule has 2 aliphatic heterocycles. The summed E-state index contributed by atoms with van der Waals surface area (Å²) in [5.41, 5.74) is 9.82. The number of fused-ring (bicyclic) bond motifs is 1. The predicted molar refractivity (Wildman–Crippen MR) is 127 cm³/mol. The van der Waals surface area contributed by atoms with Gasteiger partial charge in [0, 0.05) is 43.2 Å². The van der Waals surface area contributed by atoms with E-state index in [0.717, 1.165) is 60.2 Å². The minimum atomic E-state index is -0.175. The highest BCUT2D eigenvalue weighted by Gasteiger charge is 2.27. The SMILES string of the molecule is CN1CCC(N2CCN(c3ccc(-c4n[nH]c(=O)c5ccccc45)cc3N)CC2)CC1. The Labute approximate surface area is 182 Å². The molecule has 0 amide bonds. The van der Waals surface area contributed by atoms with Crippen LogP contribution in [0.2, 0.25) is 0 Å². The van der Waals surface area contributed by atoms with Gasteiger partial charge in [0.05, 0.1) is 22.5 Å². The first-order valence-electron chi connectivity index (χ1n) is 11.1. The summed E-state index contributed by atoms with van der Waals surface area (Å²) in [5.74, 6) is 0. The molecule has 1 aromatic heterocycles. The van der Waals surface area contributed by atoms with Crippen LogP contribution in [0.1, 0.15) is 12.8 Å². The summed E-state index contributed by atoms with van der Waals surface area (Å²) in [6, 6.07) is 14.4. The molecule has 0 radical (unpaired) electrons. The van der Waals surface area contributed by atoms with Crippen LogP contribution in [0.25, 0.3) is 22.0 Å². The molecule has 2 aromatic carbocycles. The lowest BCUT2D eigenvalue weighted by Gasteiger charge is -2.43. The van der Waals surface area contributed by atoms with E-state index in [2.05, 4.69) is 44.1 Å². The van der Waals surface area contributed by atoms with Gasteiger partial charge >= 0.3 is 0 Å². The largest absolute Gasteiger partial charge is 0.397 e. The van der Waals surface area contributed by atoms with Crippen molar-refractivity contribution in [3.63, 3.8) is 0 Å². The number of piperidine rings is 1. The van der Waals surface area contributed by atoms with Crippen LogP contribution in [-0.4, -0.2) is 72.4 Å². The van der Waals surface area contributed by atoms with Crippen LogP contribution in [0.5, 0.6) is 0 Å². The van der Waals surface area contributed by atoms with E-state index in [0.29, 0.717) is 5.39 Å². The molecule has 0 spiro atoms. The van der Waals surface area contributed by atoms with Crippen LogP contribution in [-0.2, 0) is 0 Å². The van der Waals surface area contributed by atoms with Crippen molar-refractivity contribution in [2.45, 2.75) is 18.9 Å². The van der Waals surface area contributed by atoms with Gasteiger partial charge in [0.25, 0.3) is 5.56 Å². The molecule has 7 heteroatoms. The smallest absolute Gasteiger partial charge is 0.272 e. The summed E-state index contributed by atoms with van der Waals surface area (Å²) < 4.78 is 0. The second-order valence-electron chi connectivity index (χ2n) is 8.78. The fraction of sp³-hybridized carbons (Fsp3) is 0.417. The first-order valence-corrected chi connectivity index (χ1v) is 11.1. The molecule has 3 heterocycles. The lowest BCUT2D eigenvalue weighted by Crippen LogP contribution is -2.53. The van der Waals surface area contributed by atoms with Gasteiger partial charge in [-0.15, -0.1) is 0 Å². The van der Waals surface area contributed by atoms with E-state index < -0.39 is 0 Å². The van der Waals surface area contributed by atoms with Crippen molar-refractivity contribution in [1.29, 1.82) is 0 Å². The van der Waals surface area contributed by atoms with E-state index in [-0.39, 0.29) is 5.56 Å². The van der Waals surface area contributed by atoms with E-state index in [9.17, 15) is 4.79 Å². The molecule has 0 aliphatic carbocycles. The summed E-state index contributed by atoms with van der Waals surface area (Å²) in [5, 5.41) is 8.40. The molecular formula is C24H30N6O. The summed E-state index contributed by atoms with van der Waals surface area (Å²) in [6.07, 6.45) is 2.54. The third-order valence-electron chi connectivity index (χ3n) is 6.86. The molecule has 3 N–H and O–H groups in total. The third kappa shape index (κ3) is 3.91. The molecule has 0 atom stereocenters. The van der Waals surface area contributed by atoms with E-state index in [1.807, 2.05) is 30.3 Å². The molecule has 0 unspecified atom stereocenters. The quantitative estimate of drug-likeness (QED) is 0.636. The zero-order valence-electron chi connectivity index (χ0n) is 18.1. The number of piperazine rings is 1. The highest BCUT2D eigenvalue weighted by atomic mass is 16.1. The van der Waals surface area contributed by atoms with Gasteiger partial charge in [-0.25, -0.2) is 5.10 Å². The zero-order chi connectivity index (χ0) is 21.4. The van der Waals surface area contributed by atoms with E-state index in [1.54, 1.807) is 0 Å². The number of H-pyrrole nitrogens is 1. The summed E-state index contributed by atoms with van der Waals surface area (Å²) >= 11 is 0. The number of likely N-dealkylation sites (tertiary alicyclic amines) is 1. The lowest BCUT2D eigenvalue weighted by atomic mass is 10.0. The maximum absolute atomic E-state index is 12.1. The normalized spacial score (nSPS) is 19.2. The number of nitrogens with one attached hydrogen (secondary N) is 1. The zero-order valence-corrected chi connectivity index (χ0v) is 18.1. The number of anilines is 2. The molecule has 7 nitrogen and oxygen atoms in total. The minimum absolute atomic E-state index is 0.175. The second kappa shape index (κ2) is 8.32. The molecule has 3 aromatic rings. The monoisotopic (exact) mass is 418 g/mol. The Kier molecular flexibility index (Phi) is 5.38. The van der Waals surface area contributed by atoms with Crippen molar-refractivity contribution in [3.8, 4) is 11.3 Å². The number of nitrogen functional groups attached to an aromatic ring is 1. The van der Waals surface area contributed by atoms with Gasteiger partial charge in [0.2, 0.25) is 0 Å². The van der Waals surface area contributed by atoms with Crippen molar-refractivity contribution in [1.82, 2.24) is 20.0 Å². The Balaban J connectivity index is 1.33. The highest BCUT2D eigenvalue weighted by Crippen LogP contribution is 2.32. The average Bonchev–Trinajstić information content (AvgIpc) is 2.80. The number of aromatic amines is 1. The van der Waals surface area contributed by atoms with Crippen LogP contribution < -0.4 is 16.2 Å². The topological polar surface area (TPSA) is 81.5 Å². The van der Waals surface area contributed by atoms with E-state index >= 15 is 0 Å². The van der Waals surface area contributed by atoms with Gasteiger partial charge < -0.3 is 15.5 Å². The van der Waals surface area contributed by atoms with Gasteiger partial charge in [-0.1, -0.05) is 24.3 Å². The third-order valence-corrected chi connectivity index (χ3v) is 6.86. The van der Waals surface area contributed by atoms with Crippen LogP contribution in [0, 0.1) is 0 Å². The summed E-state index contributed by atoms with van der Waals surface area (Å²) in [6.45, 7) is 6.56. The number of hydrogen-bond acceptors (Lipinski definition) is 6. The Morgan fingerprint density at radius 2 is 1.68 bits per heavy atom. The van der Waals surface area contributed by atoms with Crippen molar-refractivity contribution in [3.05, 3.63) is 52.8 Å². The highest BCUT2D eigenvalue weighted by molar-refractivity contribution is 5.94. The Morgan fingerprint density at radius 1 is 0.968 bits per heavy atom. The Bertz CT molecular complexity index is 1130.